The standard InChI is InChI=1S/C10H16Cl2N2S2/c1-13-2-4-14(5-3-13)9(15)16-7-8-6-10(8,11)12/h8H,2-7H2,1H3. The van der Waals surface area contributed by atoms with Crippen molar-refractivity contribution in [2.45, 2.75) is 10.8 Å². The van der Waals surface area contributed by atoms with Crippen LogP contribution < -0.4 is 0 Å². The van der Waals surface area contributed by atoms with Gasteiger partial charge in [-0.25, -0.2) is 0 Å². The summed E-state index contributed by atoms with van der Waals surface area (Å²) in [5.41, 5.74) is 0. The molecule has 1 saturated carbocycles. The zero-order chi connectivity index (χ0) is 11.8. The number of hydrogen-bond donors (Lipinski definition) is 0. The molecule has 0 spiro atoms. The molecule has 0 N–H and O–H groups in total. The van der Waals surface area contributed by atoms with Gasteiger partial charge in [0.15, 0.2) is 0 Å². The van der Waals surface area contributed by atoms with Crippen LogP contribution in [0.3, 0.4) is 0 Å². The summed E-state index contributed by atoms with van der Waals surface area (Å²) in [7, 11) is 2.15. The molecule has 0 radical (unpaired) electrons. The lowest BCUT2D eigenvalue weighted by atomic mass is 10.4. The number of likely N-dealkylation sites (N-methyl/N-ethyl adjacent to an activating group) is 1. The molecular weight excluding hydrogens is 283 g/mol. The molecule has 92 valence electrons. The van der Waals surface area contributed by atoms with Crippen LogP contribution >= 0.6 is 47.2 Å². The molecular formula is C10H16Cl2N2S2. The minimum atomic E-state index is -0.468. The first-order valence-corrected chi connectivity index (χ1v) is 7.62. The summed E-state index contributed by atoms with van der Waals surface area (Å²) in [5, 5.41) is 0. The van der Waals surface area contributed by atoms with E-state index in [-0.39, 0.29) is 0 Å². The molecule has 2 nitrogen and oxygen atoms in total. The van der Waals surface area contributed by atoms with Crippen molar-refractivity contribution in [3.8, 4) is 0 Å². The zero-order valence-corrected chi connectivity index (χ0v) is 12.4. The number of thiocarbonyl (C=S) groups is 1. The molecule has 0 aromatic rings. The number of rotatable bonds is 2. The number of thioether (sulfide) groups is 1. The Balaban J connectivity index is 1.68. The lowest BCUT2D eigenvalue weighted by Gasteiger charge is -2.33. The van der Waals surface area contributed by atoms with Crippen LogP contribution in [0.2, 0.25) is 0 Å². The van der Waals surface area contributed by atoms with Crippen LogP contribution in [-0.4, -0.2) is 57.4 Å². The van der Waals surface area contributed by atoms with Gasteiger partial charge < -0.3 is 9.80 Å². The summed E-state index contributed by atoms with van der Waals surface area (Å²) in [6.45, 7) is 4.28. The molecule has 2 rings (SSSR count). The van der Waals surface area contributed by atoms with E-state index in [0.717, 1.165) is 42.7 Å². The smallest absolute Gasteiger partial charge is 0.136 e. The Hall–Kier alpha value is 0.780. The molecule has 1 unspecified atom stereocenters. The number of piperazine rings is 1. The second-order valence-electron chi connectivity index (χ2n) is 4.53. The van der Waals surface area contributed by atoms with Crippen LogP contribution in [0.15, 0.2) is 0 Å². The van der Waals surface area contributed by atoms with Gasteiger partial charge in [-0.3, -0.25) is 0 Å². The molecule has 0 aromatic heterocycles. The zero-order valence-electron chi connectivity index (χ0n) is 9.29. The summed E-state index contributed by atoms with van der Waals surface area (Å²) in [4.78, 5) is 4.61. The summed E-state index contributed by atoms with van der Waals surface area (Å²) in [5.74, 6) is 1.38. The van der Waals surface area contributed by atoms with Crippen molar-refractivity contribution in [1.82, 2.24) is 9.80 Å². The fraction of sp³-hybridized carbons (Fsp3) is 0.900. The van der Waals surface area contributed by atoms with Crippen molar-refractivity contribution in [3.63, 3.8) is 0 Å². The molecule has 1 aliphatic carbocycles. The van der Waals surface area contributed by atoms with Gasteiger partial charge in [0, 0.05) is 37.8 Å². The molecule has 0 amide bonds. The van der Waals surface area contributed by atoms with Gasteiger partial charge in [-0.2, -0.15) is 0 Å². The van der Waals surface area contributed by atoms with Crippen molar-refractivity contribution < 1.29 is 0 Å². The summed E-state index contributed by atoms with van der Waals surface area (Å²) in [6.07, 6.45) is 0.911. The van der Waals surface area contributed by atoms with E-state index in [4.69, 9.17) is 35.4 Å². The molecule has 0 aromatic carbocycles. The van der Waals surface area contributed by atoms with Gasteiger partial charge in [-0.1, -0.05) is 24.0 Å². The summed E-state index contributed by atoms with van der Waals surface area (Å²) >= 11 is 19.1. The number of halogens is 2. The van der Waals surface area contributed by atoms with E-state index < -0.39 is 4.33 Å². The fourth-order valence-electron chi connectivity index (χ4n) is 1.70. The van der Waals surface area contributed by atoms with E-state index in [0.29, 0.717) is 5.92 Å². The maximum Gasteiger partial charge on any atom is 0.136 e. The Kier molecular flexibility index (Phi) is 4.28. The first-order valence-electron chi connectivity index (χ1n) is 5.47. The first-order chi connectivity index (χ1) is 7.49. The van der Waals surface area contributed by atoms with E-state index >= 15 is 0 Å². The Bertz CT molecular complexity index is 278. The molecule has 6 heteroatoms. The van der Waals surface area contributed by atoms with Gasteiger partial charge >= 0.3 is 0 Å². The van der Waals surface area contributed by atoms with Crippen LogP contribution in [0.25, 0.3) is 0 Å². The monoisotopic (exact) mass is 298 g/mol. The molecule has 1 heterocycles. The highest BCUT2D eigenvalue weighted by Gasteiger charge is 2.51. The molecule has 1 saturated heterocycles. The van der Waals surface area contributed by atoms with Crippen LogP contribution in [0.1, 0.15) is 6.42 Å². The average Bonchev–Trinajstić information content (AvgIpc) is 2.84. The minimum absolute atomic E-state index is 0.422. The van der Waals surface area contributed by atoms with Crippen molar-refractivity contribution >= 4 is 51.5 Å². The number of hydrogen-bond acceptors (Lipinski definition) is 3. The van der Waals surface area contributed by atoms with E-state index in [1.165, 1.54) is 0 Å². The highest BCUT2D eigenvalue weighted by molar-refractivity contribution is 8.22. The van der Waals surface area contributed by atoms with E-state index in [1.54, 1.807) is 11.8 Å². The fourth-order valence-corrected chi connectivity index (χ4v) is 3.91. The van der Waals surface area contributed by atoms with Gasteiger partial charge in [0.05, 0.1) is 0 Å². The van der Waals surface area contributed by atoms with Crippen LogP contribution in [0.5, 0.6) is 0 Å². The van der Waals surface area contributed by atoms with Crippen LogP contribution in [-0.2, 0) is 0 Å². The molecule has 2 aliphatic rings. The quantitative estimate of drug-likeness (QED) is 0.570. The number of alkyl halides is 2. The van der Waals surface area contributed by atoms with Crippen LogP contribution in [0, 0.1) is 5.92 Å². The minimum Gasteiger partial charge on any atom is -0.355 e. The molecule has 16 heavy (non-hydrogen) atoms. The van der Waals surface area contributed by atoms with E-state index in [2.05, 4.69) is 16.8 Å². The average molecular weight is 299 g/mol. The highest BCUT2D eigenvalue weighted by Crippen LogP contribution is 2.54. The second-order valence-corrected chi connectivity index (χ2v) is 7.73. The topological polar surface area (TPSA) is 6.48 Å². The van der Waals surface area contributed by atoms with E-state index in [9.17, 15) is 0 Å². The van der Waals surface area contributed by atoms with Crippen molar-refractivity contribution in [2.24, 2.45) is 5.92 Å². The first kappa shape index (κ1) is 13.2. The van der Waals surface area contributed by atoms with Gasteiger partial charge in [0.1, 0.15) is 8.65 Å². The van der Waals surface area contributed by atoms with Crippen molar-refractivity contribution in [3.05, 3.63) is 0 Å². The molecule has 1 aliphatic heterocycles. The van der Waals surface area contributed by atoms with Crippen LogP contribution in [0.4, 0.5) is 0 Å². The normalized spacial score (nSPS) is 29.2. The van der Waals surface area contributed by atoms with Gasteiger partial charge in [-0.15, -0.1) is 23.2 Å². The number of nitrogens with zero attached hydrogens (tertiary/aromatic N) is 2. The Labute approximate surface area is 117 Å². The maximum absolute atomic E-state index is 5.98. The Morgan fingerprint density at radius 1 is 1.38 bits per heavy atom. The lowest BCUT2D eigenvalue weighted by Crippen LogP contribution is -2.45. The van der Waals surface area contributed by atoms with Crippen molar-refractivity contribution in [2.75, 3.05) is 39.0 Å². The highest BCUT2D eigenvalue weighted by atomic mass is 35.5. The maximum atomic E-state index is 5.98. The summed E-state index contributed by atoms with van der Waals surface area (Å²) in [6, 6.07) is 0. The largest absolute Gasteiger partial charge is 0.355 e. The van der Waals surface area contributed by atoms with Gasteiger partial charge in [0.2, 0.25) is 0 Å². The third kappa shape index (κ3) is 3.39. The molecule has 2 fully saturated rings. The van der Waals surface area contributed by atoms with Crippen molar-refractivity contribution in [1.29, 1.82) is 0 Å². The van der Waals surface area contributed by atoms with E-state index in [1.807, 2.05) is 0 Å². The third-order valence-electron chi connectivity index (χ3n) is 3.13. The third-order valence-corrected chi connectivity index (χ3v) is 5.74. The second kappa shape index (κ2) is 5.19. The summed E-state index contributed by atoms with van der Waals surface area (Å²) < 4.78 is 0.536. The van der Waals surface area contributed by atoms with Gasteiger partial charge in [-0.05, 0) is 13.5 Å². The lowest BCUT2D eigenvalue weighted by molar-refractivity contribution is 0.220. The Morgan fingerprint density at radius 2 is 1.94 bits per heavy atom. The predicted octanol–water partition coefficient (Wildman–Crippen LogP) is 2.45. The predicted molar refractivity (Wildman–Crippen MR) is 76.7 cm³/mol. The molecule has 0 bridgehead atoms. The molecule has 1 atom stereocenters. The van der Waals surface area contributed by atoms with Gasteiger partial charge in [0.25, 0.3) is 0 Å². The SMILES string of the molecule is CN1CCN(C(=S)SCC2CC2(Cl)Cl)CC1. The Morgan fingerprint density at radius 3 is 2.44 bits per heavy atom.